The zero-order valence-electron chi connectivity index (χ0n) is 12.2. The van der Waals surface area contributed by atoms with Crippen LogP contribution in [0.3, 0.4) is 0 Å². The smallest absolute Gasteiger partial charge is 0.0328 e. The van der Waals surface area contributed by atoms with E-state index in [1.165, 1.54) is 36.6 Å². The largest absolute Gasteiger partial charge is 0.298 e. The van der Waals surface area contributed by atoms with Crippen molar-refractivity contribution in [2.24, 2.45) is 11.8 Å². The number of aromatic nitrogens is 1. The van der Waals surface area contributed by atoms with E-state index in [0.717, 1.165) is 24.9 Å². The molecule has 2 aromatic rings. The summed E-state index contributed by atoms with van der Waals surface area (Å²) < 4.78 is 0. The SMILES string of the molecule is c1cncc(CN2CC3CN(Cc4cccs4)CC3C2)c1. The highest BCUT2D eigenvalue weighted by molar-refractivity contribution is 7.09. The Morgan fingerprint density at radius 2 is 1.76 bits per heavy atom. The summed E-state index contributed by atoms with van der Waals surface area (Å²) in [5, 5.41) is 2.18. The molecular weight excluding hydrogens is 278 g/mol. The van der Waals surface area contributed by atoms with Crippen molar-refractivity contribution >= 4 is 11.3 Å². The normalized spacial score (nSPS) is 26.3. The molecule has 2 fully saturated rings. The van der Waals surface area contributed by atoms with Crippen LogP contribution in [-0.2, 0) is 13.1 Å². The van der Waals surface area contributed by atoms with Gasteiger partial charge in [0.1, 0.15) is 0 Å². The number of likely N-dealkylation sites (tertiary alicyclic amines) is 2. The lowest BCUT2D eigenvalue weighted by molar-refractivity contribution is 0.247. The molecule has 4 rings (SSSR count). The van der Waals surface area contributed by atoms with Crippen LogP contribution >= 0.6 is 11.3 Å². The van der Waals surface area contributed by atoms with Gasteiger partial charge < -0.3 is 0 Å². The van der Waals surface area contributed by atoms with Crippen LogP contribution < -0.4 is 0 Å². The number of hydrogen-bond acceptors (Lipinski definition) is 4. The highest BCUT2D eigenvalue weighted by Crippen LogP contribution is 2.32. The first-order valence-corrected chi connectivity index (χ1v) is 8.61. The Morgan fingerprint density at radius 3 is 2.38 bits per heavy atom. The minimum absolute atomic E-state index is 0.863. The van der Waals surface area contributed by atoms with Crippen molar-refractivity contribution in [1.29, 1.82) is 0 Å². The minimum atomic E-state index is 0.863. The predicted octanol–water partition coefficient (Wildman–Crippen LogP) is 2.71. The average Bonchev–Trinajstić information content (AvgIpc) is 3.17. The number of fused-ring (bicyclic) bond motifs is 1. The van der Waals surface area contributed by atoms with Crippen LogP contribution in [0.5, 0.6) is 0 Å². The Kier molecular flexibility index (Phi) is 3.76. The van der Waals surface area contributed by atoms with Crippen LogP contribution in [0.1, 0.15) is 10.4 Å². The van der Waals surface area contributed by atoms with Gasteiger partial charge in [0.05, 0.1) is 0 Å². The first-order chi connectivity index (χ1) is 10.4. The Labute approximate surface area is 130 Å². The third kappa shape index (κ3) is 3.03. The zero-order valence-corrected chi connectivity index (χ0v) is 13.0. The zero-order chi connectivity index (χ0) is 14.1. The van der Waals surface area contributed by atoms with Crippen molar-refractivity contribution < 1.29 is 0 Å². The van der Waals surface area contributed by atoms with Gasteiger partial charge in [-0.15, -0.1) is 11.3 Å². The summed E-state index contributed by atoms with van der Waals surface area (Å²) in [6, 6.07) is 8.64. The van der Waals surface area contributed by atoms with E-state index in [1.54, 1.807) is 0 Å². The van der Waals surface area contributed by atoms with E-state index in [1.807, 2.05) is 29.8 Å². The van der Waals surface area contributed by atoms with Crippen molar-refractivity contribution in [1.82, 2.24) is 14.8 Å². The number of rotatable bonds is 4. The van der Waals surface area contributed by atoms with Crippen LogP contribution in [0, 0.1) is 11.8 Å². The Morgan fingerprint density at radius 1 is 1.00 bits per heavy atom. The van der Waals surface area contributed by atoms with Crippen molar-refractivity contribution in [3.8, 4) is 0 Å². The summed E-state index contributed by atoms with van der Waals surface area (Å²) in [5.41, 5.74) is 1.34. The fourth-order valence-electron chi connectivity index (χ4n) is 3.82. The predicted molar refractivity (Wildman–Crippen MR) is 86.1 cm³/mol. The summed E-state index contributed by atoms with van der Waals surface area (Å²) in [6.07, 6.45) is 3.85. The van der Waals surface area contributed by atoms with Gasteiger partial charge >= 0.3 is 0 Å². The van der Waals surface area contributed by atoms with Crippen LogP contribution in [0.15, 0.2) is 42.0 Å². The molecule has 2 aliphatic rings. The highest BCUT2D eigenvalue weighted by Gasteiger charge is 2.39. The van der Waals surface area contributed by atoms with E-state index >= 15 is 0 Å². The standard InChI is InChI=1S/C17H21N3S/c1-3-14(7-18-5-1)8-19-9-15-11-20(12-16(15)10-19)13-17-4-2-6-21-17/h1-7,15-16H,8-13H2. The third-order valence-electron chi connectivity index (χ3n) is 4.73. The monoisotopic (exact) mass is 299 g/mol. The van der Waals surface area contributed by atoms with E-state index in [2.05, 4.69) is 38.4 Å². The van der Waals surface area contributed by atoms with Gasteiger partial charge in [-0.1, -0.05) is 12.1 Å². The molecule has 3 nitrogen and oxygen atoms in total. The van der Waals surface area contributed by atoms with Crippen molar-refractivity contribution in [2.45, 2.75) is 13.1 Å². The molecule has 21 heavy (non-hydrogen) atoms. The fraction of sp³-hybridized carbons (Fsp3) is 0.471. The summed E-state index contributed by atoms with van der Waals surface area (Å²) in [7, 11) is 0. The summed E-state index contributed by atoms with van der Waals surface area (Å²) in [6.45, 7) is 7.25. The number of pyridine rings is 1. The van der Waals surface area contributed by atoms with Gasteiger partial charge in [-0.3, -0.25) is 14.8 Å². The van der Waals surface area contributed by atoms with Crippen molar-refractivity contribution in [2.75, 3.05) is 26.2 Å². The maximum Gasteiger partial charge on any atom is 0.0328 e. The van der Waals surface area contributed by atoms with E-state index in [4.69, 9.17) is 0 Å². The van der Waals surface area contributed by atoms with Crippen LogP contribution in [0.2, 0.25) is 0 Å². The first kappa shape index (κ1) is 13.4. The van der Waals surface area contributed by atoms with Crippen molar-refractivity contribution in [3.63, 3.8) is 0 Å². The van der Waals surface area contributed by atoms with Gasteiger partial charge in [-0.25, -0.2) is 0 Å². The molecule has 0 amide bonds. The molecule has 2 aromatic heterocycles. The minimum Gasteiger partial charge on any atom is -0.298 e. The maximum absolute atomic E-state index is 4.22. The van der Waals surface area contributed by atoms with Crippen LogP contribution in [0.25, 0.3) is 0 Å². The first-order valence-electron chi connectivity index (χ1n) is 7.73. The molecule has 0 aromatic carbocycles. The Balaban J connectivity index is 1.31. The molecule has 2 atom stereocenters. The average molecular weight is 299 g/mol. The topological polar surface area (TPSA) is 19.4 Å². The number of nitrogens with zero attached hydrogens (tertiary/aromatic N) is 3. The lowest BCUT2D eigenvalue weighted by Crippen LogP contribution is -2.28. The molecule has 0 spiro atoms. The van der Waals surface area contributed by atoms with E-state index in [0.29, 0.717) is 0 Å². The second-order valence-corrected chi connectivity index (χ2v) is 7.38. The molecule has 2 unspecified atom stereocenters. The molecule has 0 aliphatic carbocycles. The lowest BCUT2D eigenvalue weighted by atomic mass is 10.0. The molecule has 0 N–H and O–H groups in total. The van der Waals surface area contributed by atoms with Gasteiger partial charge in [0.15, 0.2) is 0 Å². The molecule has 2 aliphatic heterocycles. The second-order valence-electron chi connectivity index (χ2n) is 6.35. The number of thiophene rings is 1. The van der Waals surface area contributed by atoms with Gasteiger partial charge in [-0.05, 0) is 34.9 Å². The van der Waals surface area contributed by atoms with E-state index < -0.39 is 0 Å². The Hall–Kier alpha value is -1.23. The molecule has 4 heterocycles. The summed E-state index contributed by atoms with van der Waals surface area (Å²) in [4.78, 5) is 11.0. The third-order valence-corrected chi connectivity index (χ3v) is 5.59. The van der Waals surface area contributed by atoms with Gasteiger partial charge in [0.2, 0.25) is 0 Å². The summed E-state index contributed by atoms with van der Waals surface area (Å²) >= 11 is 1.88. The lowest BCUT2D eigenvalue weighted by Gasteiger charge is -2.20. The molecule has 0 bridgehead atoms. The highest BCUT2D eigenvalue weighted by atomic mass is 32.1. The number of hydrogen-bond donors (Lipinski definition) is 0. The molecule has 2 saturated heterocycles. The fourth-order valence-corrected chi connectivity index (χ4v) is 4.56. The Bertz CT molecular complexity index is 555. The van der Waals surface area contributed by atoms with E-state index in [-0.39, 0.29) is 0 Å². The van der Waals surface area contributed by atoms with Gasteiger partial charge in [0, 0.05) is 56.5 Å². The second kappa shape index (κ2) is 5.87. The van der Waals surface area contributed by atoms with E-state index in [9.17, 15) is 0 Å². The molecular formula is C17H21N3S. The molecule has 0 saturated carbocycles. The quantitative estimate of drug-likeness (QED) is 0.865. The van der Waals surface area contributed by atoms with Crippen molar-refractivity contribution in [3.05, 3.63) is 52.5 Å². The van der Waals surface area contributed by atoms with Crippen LogP contribution in [0.4, 0.5) is 0 Å². The van der Waals surface area contributed by atoms with Gasteiger partial charge in [0.25, 0.3) is 0 Å². The summed E-state index contributed by atoms with van der Waals surface area (Å²) in [5.74, 6) is 1.73. The van der Waals surface area contributed by atoms with Crippen LogP contribution in [-0.4, -0.2) is 41.0 Å². The maximum atomic E-state index is 4.22. The molecule has 4 heteroatoms. The van der Waals surface area contributed by atoms with Gasteiger partial charge in [-0.2, -0.15) is 0 Å². The molecule has 110 valence electrons. The molecule has 0 radical (unpaired) electrons.